The Morgan fingerprint density at radius 2 is 2.00 bits per heavy atom. The third kappa shape index (κ3) is 2.58. The van der Waals surface area contributed by atoms with E-state index in [0.29, 0.717) is 0 Å². The molecular formula is C11H20N4. The molecule has 0 aliphatic carbocycles. The molecule has 0 radical (unpaired) electrons. The molecule has 84 valence electrons. The van der Waals surface area contributed by atoms with Crippen LogP contribution in [0.2, 0.25) is 0 Å². The fourth-order valence-corrected chi connectivity index (χ4v) is 1.99. The van der Waals surface area contributed by atoms with Gasteiger partial charge in [0.1, 0.15) is 5.82 Å². The number of imidazole rings is 1. The Labute approximate surface area is 91.5 Å². The summed E-state index contributed by atoms with van der Waals surface area (Å²) in [6.07, 6.45) is 3.96. The van der Waals surface area contributed by atoms with E-state index in [9.17, 15) is 0 Å². The Morgan fingerprint density at radius 1 is 1.27 bits per heavy atom. The van der Waals surface area contributed by atoms with Gasteiger partial charge in [0.2, 0.25) is 0 Å². The highest BCUT2D eigenvalue weighted by Crippen LogP contribution is 2.06. The van der Waals surface area contributed by atoms with Crippen molar-refractivity contribution in [2.24, 2.45) is 0 Å². The third-order valence-electron chi connectivity index (χ3n) is 3.10. The summed E-state index contributed by atoms with van der Waals surface area (Å²) in [6.45, 7) is 8.84. The summed E-state index contributed by atoms with van der Waals surface area (Å²) in [6, 6.07) is 0. The maximum atomic E-state index is 4.41. The average molecular weight is 208 g/mol. The van der Waals surface area contributed by atoms with Crippen molar-refractivity contribution < 1.29 is 0 Å². The van der Waals surface area contributed by atoms with Gasteiger partial charge in [-0.3, -0.25) is 4.90 Å². The summed E-state index contributed by atoms with van der Waals surface area (Å²) in [5.74, 6) is 1.20. The molecule has 0 saturated carbocycles. The molecule has 0 aromatic carbocycles. The van der Waals surface area contributed by atoms with Gasteiger partial charge in [0.15, 0.2) is 0 Å². The van der Waals surface area contributed by atoms with Gasteiger partial charge in [-0.1, -0.05) is 0 Å². The first-order chi connectivity index (χ1) is 7.29. The minimum atomic E-state index is 0.995. The molecule has 4 nitrogen and oxygen atoms in total. The van der Waals surface area contributed by atoms with Crippen molar-refractivity contribution in [3.63, 3.8) is 0 Å². The van der Waals surface area contributed by atoms with Crippen LogP contribution in [0.4, 0.5) is 0 Å². The van der Waals surface area contributed by atoms with Crippen molar-refractivity contribution >= 4 is 0 Å². The van der Waals surface area contributed by atoms with Crippen LogP contribution in [0.1, 0.15) is 12.7 Å². The number of rotatable bonds is 3. The van der Waals surface area contributed by atoms with Crippen LogP contribution in [-0.2, 0) is 13.1 Å². The van der Waals surface area contributed by atoms with Gasteiger partial charge in [0.25, 0.3) is 0 Å². The van der Waals surface area contributed by atoms with Gasteiger partial charge in [-0.05, 0) is 14.0 Å². The maximum absolute atomic E-state index is 4.41. The van der Waals surface area contributed by atoms with E-state index in [2.05, 4.69) is 39.5 Å². The van der Waals surface area contributed by atoms with Crippen LogP contribution in [0.3, 0.4) is 0 Å². The van der Waals surface area contributed by atoms with E-state index >= 15 is 0 Å². The Hall–Kier alpha value is -0.870. The molecule has 0 unspecified atom stereocenters. The highest BCUT2D eigenvalue weighted by molar-refractivity contribution is 4.92. The molecular weight excluding hydrogens is 188 g/mol. The minimum absolute atomic E-state index is 0.995. The largest absolute Gasteiger partial charge is 0.334 e. The Bertz CT molecular complexity index is 299. The zero-order valence-electron chi connectivity index (χ0n) is 9.69. The van der Waals surface area contributed by atoms with Gasteiger partial charge in [-0.15, -0.1) is 0 Å². The summed E-state index contributed by atoms with van der Waals surface area (Å²) in [7, 11) is 2.18. The second-order valence-corrected chi connectivity index (χ2v) is 4.21. The number of hydrogen-bond acceptors (Lipinski definition) is 3. The zero-order valence-corrected chi connectivity index (χ0v) is 9.69. The van der Waals surface area contributed by atoms with Crippen LogP contribution in [-0.4, -0.2) is 52.6 Å². The van der Waals surface area contributed by atoms with E-state index in [1.165, 1.54) is 18.9 Å². The third-order valence-corrected chi connectivity index (χ3v) is 3.10. The number of aromatic nitrogens is 2. The second-order valence-electron chi connectivity index (χ2n) is 4.21. The smallest absolute Gasteiger partial charge is 0.122 e. The van der Waals surface area contributed by atoms with Crippen LogP contribution in [0, 0.1) is 0 Å². The van der Waals surface area contributed by atoms with Crippen molar-refractivity contribution in [3.05, 3.63) is 18.2 Å². The van der Waals surface area contributed by atoms with Crippen LogP contribution in [0.25, 0.3) is 0 Å². The molecule has 1 aromatic rings. The minimum Gasteiger partial charge on any atom is -0.334 e. The summed E-state index contributed by atoms with van der Waals surface area (Å²) in [5, 5.41) is 0. The fraction of sp³-hybridized carbons (Fsp3) is 0.727. The Kier molecular flexibility index (Phi) is 3.38. The lowest BCUT2D eigenvalue weighted by Crippen LogP contribution is -2.44. The van der Waals surface area contributed by atoms with E-state index in [4.69, 9.17) is 0 Å². The van der Waals surface area contributed by atoms with Crippen molar-refractivity contribution in [2.45, 2.75) is 20.0 Å². The number of likely N-dealkylation sites (N-methyl/N-ethyl adjacent to an activating group) is 1. The van der Waals surface area contributed by atoms with Crippen molar-refractivity contribution in [2.75, 3.05) is 33.2 Å². The zero-order chi connectivity index (χ0) is 10.7. The number of piperazine rings is 1. The molecule has 4 heteroatoms. The van der Waals surface area contributed by atoms with Crippen LogP contribution < -0.4 is 0 Å². The second kappa shape index (κ2) is 4.77. The Balaban J connectivity index is 1.91. The van der Waals surface area contributed by atoms with Crippen molar-refractivity contribution in [3.8, 4) is 0 Å². The van der Waals surface area contributed by atoms with Gasteiger partial charge in [-0.2, -0.15) is 0 Å². The topological polar surface area (TPSA) is 24.3 Å². The van der Waals surface area contributed by atoms with Crippen LogP contribution >= 0.6 is 0 Å². The molecule has 0 atom stereocenters. The molecule has 0 spiro atoms. The molecule has 15 heavy (non-hydrogen) atoms. The van der Waals surface area contributed by atoms with Crippen LogP contribution in [0.15, 0.2) is 12.4 Å². The normalized spacial score (nSPS) is 19.6. The molecule has 0 N–H and O–H groups in total. The number of nitrogens with zero attached hydrogens (tertiary/aromatic N) is 4. The molecule has 1 fully saturated rings. The molecule has 1 aromatic heterocycles. The molecule has 1 aliphatic heterocycles. The van der Waals surface area contributed by atoms with E-state index in [-0.39, 0.29) is 0 Å². The van der Waals surface area contributed by atoms with Crippen molar-refractivity contribution in [1.29, 1.82) is 0 Å². The first-order valence-electron chi connectivity index (χ1n) is 5.70. The quantitative estimate of drug-likeness (QED) is 0.729. The van der Waals surface area contributed by atoms with E-state index in [1.807, 2.05) is 6.20 Å². The fourth-order valence-electron chi connectivity index (χ4n) is 1.99. The van der Waals surface area contributed by atoms with E-state index in [0.717, 1.165) is 26.2 Å². The van der Waals surface area contributed by atoms with Crippen molar-refractivity contribution in [1.82, 2.24) is 19.4 Å². The predicted octanol–water partition coefficient (Wildman–Crippen LogP) is 0.650. The van der Waals surface area contributed by atoms with Gasteiger partial charge in [0, 0.05) is 45.1 Å². The molecule has 2 heterocycles. The first-order valence-corrected chi connectivity index (χ1v) is 5.70. The standard InChI is InChI=1S/C11H20N4/c1-3-15-5-4-12-11(15)10-14-8-6-13(2)7-9-14/h4-5H,3,6-10H2,1-2H3. The number of aryl methyl sites for hydroxylation is 1. The monoisotopic (exact) mass is 208 g/mol. The summed E-state index contributed by atoms with van der Waals surface area (Å²) >= 11 is 0. The molecule has 1 aliphatic rings. The molecule has 2 rings (SSSR count). The van der Waals surface area contributed by atoms with Gasteiger partial charge in [0.05, 0.1) is 6.54 Å². The molecule has 1 saturated heterocycles. The Morgan fingerprint density at radius 3 is 2.67 bits per heavy atom. The molecule has 0 bridgehead atoms. The summed E-state index contributed by atoms with van der Waals surface area (Å²) in [4.78, 5) is 9.27. The molecule has 0 amide bonds. The van der Waals surface area contributed by atoms with Crippen LogP contribution in [0.5, 0.6) is 0 Å². The first kappa shape index (κ1) is 10.6. The van der Waals surface area contributed by atoms with E-state index in [1.54, 1.807) is 0 Å². The lowest BCUT2D eigenvalue weighted by Gasteiger charge is -2.32. The predicted molar refractivity (Wildman–Crippen MR) is 60.7 cm³/mol. The number of hydrogen-bond donors (Lipinski definition) is 0. The van der Waals surface area contributed by atoms with Gasteiger partial charge >= 0.3 is 0 Å². The SMILES string of the molecule is CCn1ccnc1CN1CCN(C)CC1. The van der Waals surface area contributed by atoms with Gasteiger partial charge < -0.3 is 9.47 Å². The highest BCUT2D eigenvalue weighted by Gasteiger charge is 2.15. The highest BCUT2D eigenvalue weighted by atomic mass is 15.3. The van der Waals surface area contributed by atoms with E-state index < -0.39 is 0 Å². The summed E-state index contributed by atoms with van der Waals surface area (Å²) in [5.41, 5.74) is 0. The maximum Gasteiger partial charge on any atom is 0.122 e. The van der Waals surface area contributed by atoms with Gasteiger partial charge in [-0.25, -0.2) is 4.98 Å². The lowest BCUT2D eigenvalue weighted by atomic mass is 10.3. The summed E-state index contributed by atoms with van der Waals surface area (Å²) < 4.78 is 2.22. The average Bonchev–Trinajstić information content (AvgIpc) is 2.69. The lowest BCUT2D eigenvalue weighted by molar-refractivity contribution is 0.144.